The molecule has 0 aliphatic rings. The van der Waals surface area contributed by atoms with E-state index in [1.807, 2.05) is 0 Å². The molecule has 0 aliphatic carbocycles. The molecule has 1 amide bonds. The minimum absolute atomic E-state index is 0.0104. The van der Waals surface area contributed by atoms with Crippen molar-refractivity contribution in [2.45, 2.75) is 13.1 Å². The summed E-state index contributed by atoms with van der Waals surface area (Å²) in [4.78, 5) is 28.1. The number of fused-ring (bicyclic) bond motifs is 1. The highest BCUT2D eigenvalue weighted by Gasteiger charge is 2.35. The third kappa shape index (κ3) is 5.39. The number of alkyl halides is 3. The maximum absolute atomic E-state index is 13.9. The quantitative estimate of drug-likeness (QED) is 0.193. The number of nitro groups is 1. The minimum Gasteiger partial charge on any atom is -0.457 e. The summed E-state index contributed by atoms with van der Waals surface area (Å²) >= 11 is 0. The Kier molecular flexibility index (Phi) is 6.44. The van der Waals surface area contributed by atoms with Gasteiger partial charge < -0.3 is 10.1 Å². The van der Waals surface area contributed by atoms with E-state index in [-0.39, 0.29) is 34.2 Å². The second-order valence-electron chi connectivity index (χ2n) is 8.48. The number of carbonyl (C=O) groups is 1. The lowest BCUT2D eigenvalue weighted by Gasteiger charge is -2.11. The molecule has 3 aromatic carbocycles. The normalized spacial score (nSPS) is 11.4. The number of hydrogen-bond donors (Lipinski definition) is 1. The van der Waals surface area contributed by atoms with E-state index in [1.54, 1.807) is 61.5 Å². The molecule has 0 aliphatic heterocycles. The number of amides is 1. The molecule has 39 heavy (non-hydrogen) atoms. The van der Waals surface area contributed by atoms with Gasteiger partial charge in [0.25, 0.3) is 11.6 Å². The zero-order chi connectivity index (χ0) is 27.7. The SMILES string of the molecule is Cc1ccccc1Oc1cc(NC(=O)c2cc3nc(-c4ccccc4)cc(C(F)(F)F)n3n2)cc([N+](=O)[O-])c1. The molecule has 0 radical (unpaired) electrons. The van der Waals surface area contributed by atoms with Crippen molar-refractivity contribution in [2.75, 3.05) is 5.32 Å². The number of anilines is 1. The lowest BCUT2D eigenvalue weighted by molar-refractivity contribution is -0.384. The van der Waals surface area contributed by atoms with Crippen LogP contribution in [0.2, 0.25) is 0 Å². The highest BCUT2D eigenvalue weighted by Crippen LogP contribution is 2.33. The van der Waals surface area contributed by atoms with Gasteiger partial charge in [-0.05, 0) is 24.6 Å². The predicted molar refractivity (Wildman–Crippen MR) is 136 cm³/mol. The Bertz CT molecular complexity index is 1720. The van der Waals surface area contributed by atoms with Crippen molar-refractivity contribution < 1.29 is 27.6 Å². The van der Waals surface area contributed by atoms with E-state index in [9.17, 15) is 28.1 Å². The molecular weight excluding hydrogens is 515 g/mol. The number of benzene rings is 3. The Morgan fingerprint density at radius 3 is 2.41 bits per heavy atom. The Balaban J connectivity index is 1.50. The molecule has 5 rings (SSSR count). The largest absolute Gasteiger partial charge is 0.457 e. The summed E-state index contributed by atoms with van der Waals surface area (Å²) in [7, 11) is 0. The number of rotatable bonds is 6. The predicted octanol–water partition coefficient (Wildman–Crippen LogP) is 6.68. The summed E-state index contributed by atoms with van der Waals surface area (Å²) in [5, 5.41) is 17.8. The van der Waals surface area contributed by atoms with Gasteiger partial charge in [0.05, 0.1) is 22.4 Å². The molecule has 12 heteroatoms. The van der Waals surface area contributed by atoms with Crippen molar-refractivity contribution in [2.24, 2.45) is 0 Å². The molecule has 0 fully saturated rings. The van der Waals surface area contributed by atoms with E-state index >= 15 is 0 Å². The fraction of sp³-hybridized carbons (Fsp3) is 0.0741. The monoisotopic (exact) mass is 533 g/mol. The molecule has 0 bridgehead atoms. The van der Waals surface area contributed by atoms with E-state index < -0.39 is 22.7 Å². The van der Waals surface area contributed by atoms with Crippen molar-refractivity contribution in [3.05, 3.63) is 112 Å². The molecule has 2 heterocycles. The first-order valence-corrected chi connectivity index (χ1v) is 11.5. The first-order chi connectivity index (χ1) is 18.6. The lowest BCUT2D eigenvalue weighted by atomic mass is 10.1. The third-order valence-electron chi connectivity index (χ3n) is 5.70. The van der Waals surface area contributed by atoms with Crippen LogP contribution in [0.1, 0.15) is 21.7 Å². The van der Waals surface area contributed by atoms with E-state index in [0.717, 1.165) is 23.8 Å². The minimum atomic E-state index is -4.79. The molecule has 5 aromatic rings. The molecule has 2 aromatic heterocycles. The number of hydrogen-bond acceptors (Lipinski definition) is 6. The number of aromatic nitrogens is 3. The second-order valence-corrected chi connectivity index (χ2v) is 8.48. The Labute approximate surface area is 218 Å². The molecule has 0 unspecified atom stereocenters. The van der Waals surface area contributed by atoms with E-state index in [1.165, 1.54) is 12.1 Å². The van der Waals surface area contributed by atoms with Crippen LogP contribution in [0.4, 0.5) is 24.5 Å². The number of nitrogens with zero attached hydrogens (tertiary/aromatic N) is 4. The Hall–Kier alpha value is -5.26. The summed E-state index contributed by atoms with van der Waals surface area (Å²) in [6, 6.07) is 20.9. The average Bonchev–Trinajstić information content (AvgIpc) is 3.34. The molecule has 196 valence electrons. The Morgan fingerprint density at radius 2 is 1.72 bits per heavy atom. The van der Waals surface area contributed by atoms with Gasteiger partial charge in [-0.15, -0.1) is 0 Å². The van der Waals surface area contributed by atoms with Gasteiger partial charge in [0.2, 0.25) is 0 Å². The molecule has 1 N–H and O–H groups in total. The number of aryl methyl sites for hydroxylation is 1. The van der Waals surface area contributed by atoms with Crippen LogP contribution in [0.3, 0.4) is 0 Å². The topological polar surface area (TPSA) is 112 Å². The number of halogens is 3. The average molecular weight is 533 g/mol. The summed E-state index contributed by atoms with van der Waals surface area (Å²) in [6.45, 7) is 1.80. The van der Waals surface area contributed by atoms with Crippen molar-refractivity contribution in [3.63, 3.8) is 0 Å². The van der Waals surface area contributed by atoms with Gasteiger partial charge in [-0.1, -0.05) is 48.5 Å². The van der Waals surface area contributed by atoms with Crippen molar-refractivity contribution in [1.82, 2.24) is 14.6 Å². The van der Waals surface area contributed by atoms with Crippen LogP contribution < -0.4 is 10.1 Å². The van der Waals surface area contributed by atoms with E-state index in [2.05, 4.69) is 15.4 Å². The van der Waals surface area contributed by atoms with E-state index in [4.69, 9.17) is 4.74 Å². The van der Waals surface area contributed by atoms with Crippen molar-refractivity contribution >= 4 is 22.9 Å². The van der Waals surface area contributed by atoms with Gasteiger partial charge in [0, 0.05) is 23.8 Å². The first-order valence-electron chi connectivity index (χ1n) is 11.5. The number of nitro benzene ring substituents is 1. The highest BCUT2D eigenvalue weighted by molar-refractivity contribution is 6.03. The molecular formula is C27H18F3N5O4. The number of ether oxygens (including phenoxy) is 1. The molecule has 0 spiro atoms. The Morgan fingerprint density at radius 1 is 1.00 bits per heavy atom. The lowest BCUT2D eigenvalue weighted by Crippen LogP contribution is -2.16. The summed E-state index contributed by atoms with van der Waals surface area (Å²) in [6.07, 6.45) is -4.79. The third-order valence-corrected chi connectivity index (χ3v) is 5.70. The maximum Gasteiger partial charge on any atom is 0.433 e. The molecule has 0 atom stereocenters. The molecule has 0 saturated heterocycles. The fourth-order valence-corrected chi connectivity index (χ4v) is 3.86. The standard InChI is InChI=1S/C27H18F3N5O4/c1-16-7-5-6-10-23(16)39-20-12-18(11-19(13-20)35(37)38)31-26(36)22-15-25-32-21(17-8-3-2-4-9-17)14-24(27(28,29)30)34(25)33-22/h2-15H,1H3,(H,31,36). The number of nitrogens with one attached hydrogen (secondary N) is 1. The summed E-state index contributed by atoms with van der Waals surface area (Å²) < 4.78 is 47.9. The van der Waals surface area contributed by atoms with E-state index in [0.29, 0.717) is 15.8 Å². The van der Waals surface area contributed by atoms with Crippen LogP contribution in [0.5, 0.6) is 11.5 Å². The van der Waals surface area contributed by atoms with Crippen LogP contribution in [-0.2, 0) is 6.18 Å². The maximum atomic E-state index is 13.9. The first kappa shape index (κ1) is 25.4. The fourth-order valence-electron chi connectivity index (χ4n) is 3.86. The van der Waals surface area contributed by atoms with Gasteiger partial charge in [-0.25, -0.2) is 9.50 Å². The van der Waals surface area contributed by atoms with Crippen LogP contribution in [0.15, 0.2) is 84.9 Å². The van der Waals surface area contributed by atoms with Crippen molar-refractivity contribution in [1.29, 1.82) is 0 Å². The van der Waals surface area contributed by atoms with Crippen LogP contribution in [0.25, 0.3) is 16.9 Å². The van der Waals surface area contributed by atoms with Crippen LogP contribution in [0, 0.1) is 17.0 Å². The zero-order valence-electron chi connectivity index (χ0n) is 20.1. The van der Waals surface area contributed by atoms with Gasteiger partial charge in [0.1, 0.15) is 11.5 Å². The second kappa shape index (κ2) is 9.89. The van der Waals surface area contributed by atoms with Crippen LogP contribution in [-0.4, -0.2) is 25.4 Å². The van der Waals surface area contributed by atoms with Crippen LogP contribution >= 0.6 is 0 Å². The van der Waals surface area contributed by atoms with Gasteiger partial charge in [0.15, 0.2) is 17.0 Å². The number of para-hydroxylation sites is 1. The smallest absolute Gasteiger partial charge is 0.433 e. The van der Waals surface area contributed by atoms with Gasteiger partial charge in [-0.3, -0.25) is 14.9 Å². The number of carbonyl (C=O) groups excluding carboxylic acids is 1. The van der Waals surface area contributed by atoms with Crippen molar-refractivity contribution in [3.8, 4) is 22.8 Å². The number of non-ortho nitro benzene ring substituents is 1. The highest BCUT2D eigenvalue weighted by atomic mass is 19.4. The molecule has 0 saturated carbocycles. The van der Waals surface area contributed by atoms with Gasteiger partial charge >= 0.3 is 6.18 Å². The summed E-state index contributed by atoms with van der Waals surface area (Å²) in [5.74, 6) is -0.356. The summed E-state index contributed by atoms with van der Waals surface area (Å²) in [5.41, 5.74) is -0.766. The zero-order valence-corrected chi connectivity index (χ0v) is 20.1. The van der Waals surface area contributed by atoms with Gasteiger partial charge in [-0.2, -0.15) is 18.3 Å². The molecule has 9 nitrogen and oxygen atoms in total.